The zero-order chi connectivity index (χ0) is 13.9. The molecule has 0 aliphatic heterocycles. The molecule has 1 aromatic rings. The minimum absolute atomic E-state index is 0.425. The van der Waals surface area contributed by atoms with E-state index in [9.17, 15) is 0 Å². The normalized spacial score (nSPS) is 11.9. The first kappa shape index (κ1) is 16.1. The van der Waals surface area contributed by atoms with Crippen LogP contribution in [0.15, 0.2) is 46.4 Å². The van der Waals surface area contributed by atoms with Gasteiger partial charge in [-0.3, -0.25) is 0 Å². The molecule has 0 saturated heterocycles. The molecule has 3 nitrogen and oxygen atoms in total. The average molecular weight is 282 g/mol. The van der Waals surface area contributed by atoms with Crippen LogP contribution < -0.4 is 0 Å². The lowest BCUT2D eigenvalue weighted by molar-refractivity contribution is -0.135. The maximum absolute atomic E-state index is 5.62. The second-order valence-electron chi connectivity index (χ2n) is 3.63. The average Bonchev–Trinajstić information content (AvgIpc) is 2.44. The van der Waals surface area contributed by atoms with Crippen LogP contribution in [0.2, 0.25) is 0 Å². The summed E-state index contributed by atoms with van der Waals surface area (Å²) in [7, 11) is 0. The summed E-state index contributed by atoms with van der Waals surface area (Å²) < 4.78 is 16.7. The van der Waals surface area contributed by atoms with Gasteiger partial charge in [0.05, 0.1) is 6.61 Å². The van der Waals surface area contributed by atoms with E-state index in [0.29, 0.717) is 19.8 Å². The number of benzene rings is 1. The van der Waals surface area contributed by atoms with E-state index in [1.54, 1.807) is 11.8 Å². The van der Waals surface area contributed by atoms with Crippen molar-refractivity contribution in [2.24, 2.45) is 0 Å². The Balaban J connectivity index is 2.73. The van der Waals surface area contributed by atoms with E-state index in [1.165, 1.54) is 0 Å². The van der Waals surface area contributed by atoms with Gasteiger partial charge in [-0.2, -0.15) is 0 Å². The molecule has 0 atom stereocenters. The highest BCUT2D eigenvalue weighted by Crippen LogP contribution is 2.23. The Morgan fingerprint density at radius 3 is 2.21 bits per heavy atom. The summed E-state index contributed by atoms with van der Waals surface area (Å²) in [5.41, 5.74) is 0. The van der Waals surface area contributed by atoms with Crippen molar-refractivity contribution < 1.29 is 14.2 Å². The molecule has 1 rings (SSSR count). The van der Waals surface area contributed by atoms with E-state index < -0.39 is 6.29 Å². The fourth-order valence-electron chi connectivity index (χ4n) is 1.46. The van der Waals surface area contributed by atoms with E-state index in [1.807, 2.05) is 44.4 Å². The SMILES string of the molecule is CCO/C(=C\Sc1ccccc1)C(OCC)OCC. The monoisotopic (exact) mass is 282 g/mol. The van der Waals surface area contributed by atoms with E-state index in [-0.39, 0.29) is 0 Å². The van der Waals surface area contributed by atoms with Crippen LogP contribution in [0.3, 0.4) is 0 Å². The summed E-state index contributed by atoms with van der Waals surface area (Å²) in [6.07, 6.45) is -0.425. The van der Waals surface area contributed by atoms with Crippen molar-refractivity contribution >= 4 is 11.8 Å². The van der Waals surface area contributed by atoms with Crippen LogP contribution in [0.4, 0.5) is 0 Å². The minimum Gasteiger partial charge on any atom is -0.492 e. The molecular weight excluding hydrogens is 260 g/mol. The van der Waals surface area contributed by atoms with E-state index in [4.69, 9.17) is 14.2 Å². The van der Waals surface area contributed by atoms with Crippen molar-refractivity contribution in [3.05, 3.63) is 41.5 Å². The quantitative estimate of drug-likeness (QED) is 0.388. The van der Waals surface area contributed by atoms with Gasteiger partial charge in [0, 0.05) is 23.5 Å². The molecule has 0 aromatic heterocycles. The lowest BCUT2D eigenvalue weighted by Gasteiger charge is -2.20. The van der Waals surface area contributed by atoms with Crippen molar-refractivity contribution in [1.82, 2.24) is 0 Å². The van der Waals surface area contributed by atoms with Crippen molar-refractivity contribution in [3.63, 3.8) is 0 Å². The van der Waals surface area contributed by atoms with Crippen molar-refractivity contribution in [2.45, 2.75) is 32.0 Å². The van der Waals surface area contributed by atoms with Gasteiger partial charge in [0.2, 0.25) is 6.29 Å². The molecule has 0 heterocycles. The largest absolute Gasteiger partial charge is 0.492 e. The Morgan fingerprint density at radius 1 is 1.05 bits per heavy atom. The zero-order valence-electron chi connectivity index (χ0n) is 11.8. The molecule has 1 aromatic carbocycles. The zero-order valence-corrected chi connectivity index (χ0v) is 12.6. The van der Waals surface area contributed by atoms with Crippen molar-refractivity contribution in [1.29, 1.82) is 0 Å². The first-order chi connectivity index (χ1) is 9.31. The topological polar surface area (TPSA) is 27.7 Å². The molecule has 0 spiro atoms. The van der Waals surface area contributed by atoms with Crippen LogP contribution in [0, 0.1) is 0 Å². The van der Waals surface area contributed by atoms with E-state index in [2.05, 4.69) is 12.1 Å². The van der Waals surface area contributed by atoms with Gasteiger partial charge >= 0.3 is 0 Å². The van der Waals surface area contributed by atoms with Gasteiger partial charge in [0.25, 0.3) is 0 Å². The molecule has 19 heavy (non-hydrogen) atoms. The van der Waals surface area contributed by atoms with Crippen LogP contribution >= 0.6 is 11.8 Å². The van der Waals surface area contributed by atoms with Gasteiger partial charge in [-0.1, -0.05) is 30.0 Å². The maximum Gasteiger partial charge on any atom is 0.217 e. The third-order valence-corrected chi connectivity index (χ3v) is 3.13. The highest BCUT2D eigenvalue weighted by Gasteiger charge is 2.15. The molecule has 0 unspecified atom stereocenters. The molecule has 0 bridgehead atoms. The smallest absolute Gasteiger partial charge is 0.217 e. The molecule has 4 heteroatoms. The number of hydrogen-bond acceptors (Lipinski definition) is 4. The second kappa shape index (κ2) is 9.89. The molecule has 0 amide bonds. The van der Waals surface area contributed by atoms with E-state index >= 15 is 0 Å². The predicted octanol–water partition coefficient (Wildman–Crippen LogP) is 4.06. The third kappa shape index (κ3) is 6.14. The summed E-state index contributed by atoms with van der Waals surface area (Å²) in [5, 5.41) is 1.95. The van der Waals surface area contributed by atoms with Gasteiger partial charge in [-0.25, -0.2) is 0 Å². The second-order valence-corrected chi connectivity index (χ2v) is 4.57. The molecule has 0 aliphatic rings. The fourth-order valence-corrected chi connectivity index (χ4v) is 2.21. The van der Waals surface area contributed by atoms with Gasteiger partial charge in [-0.15, -0.1) is 0 Å². The molecule has 0 fully saturated rings. The van der Waals surface area contributed by atoms with Crippen molar-refractivity contribution in [2.75, 3.05) is 19.8 Å². The van der Waals surface area contributed by atoms with Crippen LogP contribution in [0.25, 0.3) is 0 Å². The molecule has 0 radical (unpaired) electrons. The van der Waals surface area contributed by atoms with Gasteiger partial charge in [0.15, 0.2) is 5.76 Å². The number of ether oxygens (including phenoxy) is 3. The van der Waals surface area contributed by atoms with Gasteiger partial charge in [0.1, 0.15) is 0 Å². The van der Waals surface area contributed by atoms with Crippen LogP contribution in [-0.2, 0) is 14.2 Å². The number of rotatable bonds is 9. The molecule has 0 aliphatic carbocycles. The van der Waals surface area contributed by atoms with Gasteiger partial charge < -0.3 is 14.2 Å². The first-order valence-electron chi connectivity index (χ1n) is 6.59. The van der Waals surface area contributed by atoms with Gasteiger partial charge in [-0.05, 0) is 32.9 Å². The molecule has 0 saturated carbocycles. The standard InChI is InChI=1S/C15H22O3S/c1-4-16-14(15(17-5-2)18-6-3)12-19-13-10-8-7-9-11-13/h7-12,15H,4-6H2,1-3H3/b14-12-. The highest BCUT2D eigenvalue weighted by atomic mass is 32.2. The summed E-state index contributed by atoms with van der Waals surface area (Å²) in [6.45, 7) is 7.61. The van der Waals surface area contributed by atoms with Crippen LogP contribution in [-0.4, -0.2) is 26.1 Å². The fraction of sp³-hybridized carbons (Fsp3) is 0.467. The lowest BCUT2D eigenvalue weighted by atomic mass is 10.4. The Labute approximate surface area is 119 Å². The minimum atomic E-state index is -0.425. The molecule has 106 valence electrons. The van der Waals surface area contributed by atoms with Crippen LogP contribution in [0.1, 0.15) is 20.8 Å². The Morgan fingerprint density at radius 2 is 1.68 bits per heavy atom. The first-order valence-corrected chi connectivity index (χ1v) is 7.47. The summed E-state index contributed by atoms with van der Waals surface area (Å²) >= 11 is 1.60. The molecular formula is C15H22O3S. The van der Waals surface area contributed by atoms with Crippen molar-refractivity contribution in [3.8, 4) is 0 Å². The highest BCUT2D eigenvalue weighted by molar-refractivity contribution is 8.02. The number of hydrogen-bond donors (Lipinski definition) is 0. The lowest BCUT2D eigenvalue weighted by Crippen LogP contribution is -2.21. The Kier molecular flexibility index (Phi) is 8.38. The summed E-state index contributed by atoms with van der Waals surface area (Å²) in [4.78, 5) is 1.16. The molecule has 0 N–H and O–H groups in total. The Bertz CT molecular complexity index is 359. The summed E-state index contributed by atoms with van der Waals surface area (Å²) in [6, 6.07) is 10.1. The predicted molar refractivity (Wildman–Crippen MR) is 79.0 cm³/mol. The van der Waals surface area contributed by atoms with E-state index in [0.717, 1.165) is 10.7 Å². The number of thioether (sulfide) groups is 1. The third-order valence-electron chi connectivity index (χ3n) is 2.23. The maximum atomic E-state index is 5.62. The summed E-state index contributed by atoms with van der Waals surface area (Å²) in [5.74, 6) is 0.722. The Hall–Kier alpha value is -0.970. The van der Waals surface area contributed by atoms with Crippen LogP contribution in [0.5, 0.6) is 0 Å².